The summed E-state index contributed by atoms with van der Waals surface area (Å²) in [6, 6.07) is 13.5. The summed E-state index contributed by atoms with van der Waals surface area (Å²) < 4.78 is 0. The van der Waals surface area contributed by atoms with Crippen molar-refractivity contribution in [2.75, 3.05) is 5.73 Å². The molecule has 0 heterocycles. The Morgan fingerprint density at radius 1 is 1.00 bits per heavy atom. The van der Waals surface area contributed by atoms with Gasteiger partial charge in [-0.2, -0.15) is 0 Å². The van der Waals surface area contributed by atoms with E-state index in [-0.39, 0.29) is 74.8 Å². The van der Waals surface area contributed by atoms with Gasteiger partial charge in [0.05, 0.1) is 0 Å². The van der Waals surface area contributed by atoms with Crippen LogP contribution >= 0.6 is 0 Å². The Hall–Kier alpha value is -1.02. The van der Waals surface area contributed by atoms with E-state index in [4.69, 9.17) is 5.73 Å². The first-order chi connectivity index (χ1) is 9.09. The predicted octanol–water partition coefficient (Wildman–Crippen LogP) is -3.03. The SMILES string of the molecule is Nc1c(CC(=O)[O-])cccc1C(=O)c1ccccc1.O.[K+]. The van der Waals surface area contributed by atoms with Crippen LogP contribution in [0.5, 0.6) is 0 Å². The molecule has 104 valence electrons. The Balaban J connectivity index is 0.00000200. The van der Waals surface area contributed by atoms with Crippen LogP contribution in [0.15, 0.2) is 48.5 Å². The molecule has 0 saturated carbocycles. The monoisotopic (exact) mass is 311 g/mol. The molecule has 0 bridgehead atoms. The number of hydrogen-bond acceptors (Lipinski definition) is 4. The minimum atomic E-state index is -1.23. The molecule has 2 aromatic carbocycles. The van der Waals surface area contributed by atoms with Gasteiger partial charge in [0.15, 0.2) is 5.78 Å². The number of rotatable bonds is 4. The summed E-state index contributed by atoms with van der Waals surface area (Å²) in [4.78, 5) is 22.9. The van der Waals surface area contributed by atoms with Crippen LogP contribution in [-0.2, 0) is 11.2 Å². The van der Waals surface area contributed by atoms with E-state index >= 15 is 0 Å². The van der Waals surface area contributed by atoms with E-state index in [0.29, 0.717) is 16.7 Å². The van der Waals surface area contributed by atoms with E-state index in [0.717, 1.165) is 0 Å². The van der Waals surface area contributed by atoms with Gasteiger partial charge in [0.1, 0.15) is 0 Å². The van der Waals surface area contributed by atoms with Crippen LogP contribution in [0.25, 0.3) is 0 Å². The molecule has 0 saturated heterocycles. The maximum atomic E-state index is 12.3. The summed E-state index contributed by atoms with van der Waals surface area (Å²) in [6.07, 6.45) is -0.304. The number of nitrogen functional groups attached to an aromatic ring is 1. The molecule has 0 atom stereocenters. The van der Waals surface area contributed by atoms with Gasteiger partial charge in [-0.1, -0.05) is 42.5 Å². The summed E-state index contributed by atoms with van der Waals surface area (Å²) in [5, 5.41) is 10.6. The maximum absolute atomic E-state index is 12.3. The normalized spacial score (nSPS) is 9.14. The first-order valence-corrected chi connectivity index (χ1v) is 5.76. The molecule has 2 rings (SSSR count). The van der Waals surface area contributed by atoms with Crippen molar-refractivity contribution < 1.29 is 71.6 Å². The molecule has 0 unspecified atom stereocenters. The summed E-state index contributed by atoms with van der Waals surface area (Å²) in [7, 11) is 0. The van der Waals surface area contributed by atoms with Gasteiger partial charge >= 0.3 is 51.4 Å². The van der Waals surface area contributed by atoms with Crippen LogP contribution in [0.4, 0.5) is 5.69 Å². The van der Waals surface area contributed by atoms with E-state index in [9.17, 15) is 14.7 Å². The summed E-state index contributed by atoms with van der Waals surface area (Å²) >= 11 is 0. The Morgan fingerprint density at radius 3 is 2.19 bits per heavy atom. The standard InChI is InChI=1S/C15H13NO3.K.H2O/c16-14-11(9-13(17)18)7-4-8-12(14)15(19)10-5-2-1-3-6-10;;/h1-8H,9,16H2,(H,17,18);;1H2/q;+1;/p-1. The average Bonchev–Trinajstić information content (AvgIpc) is 2.41. The second-order valence-electron chi connectivity index (χ2n) is 4.12. The fourth-order valence-electron chi connectivity index (χ4n) is 1.87. The first-order valence-electron chi connectivity index (χ1n) is 5.76. The number of para-hydroxylation sites is 1. The van der Waals surface area contributed by atoms with Crippen molar-refractivity contribution in [1.29, 1.82) is 0 Å². The van der Waals surface area contributed by atoms with Crippen LogP contribution in [0.2, 0.25) is 0 Å². The molecule has 0 fully saturated rings. The zero-order chi connectivity index (χ0) is 13.8. The number of carboxylic acids is 1. The molecule has 5 nitrogen and oxygen atoms in total. The van der Waals surface area contributed by atoms with Crippen LogP contribution in [-0.4, -0.2) is 17.2 Å². The van der Waals surface area contributed by atoms with Gasteiger partial charge in [0, 0.05) is 29.2 Å². The number of carbonyl (C=O) groups is 2. The number of nitrogens with two attached hydrogens (primary N) is 1. The molecule has 0 amide bonds. The third kappa shape index (κ3) is 5.03. The number of anilines is 1. The van der Waals surface area contributed by atoms with Crippen LogP contribution in [0.3, 0.4) is 0 Å². The predicted molar refractivity (Wildman–Crippen MR) is 73.1 cm³/mol. The van der Waals surface area contributed by atoms with Crippen LogP contribution in [0.1, 0.15) is 21.5 Å². The van der Waals surface area contributed by atoms with Gasteiger partial charge in [-0.05, 0) is 11.6 Å². The van der Waals surface area contributed by atoms with Crippen LogP contribution in [0, 0.1) is 0 Å². The average molecular weight is 311 g/mol. The summed E-state index contributed by atoms with van der Waals surface area (Å²) in [5.41, 5.74) is 7.27. The molecular weight excluding hydrogens is 297 g/mol. The number of carboxylic acid groups (broad SMARTS) is 1. The molecule has 6 heteroatoms. The van der Waals surface area contributed by atoms with Crippen molar-refractivity contribution in [3.63, 3.8) is 0 Å². The van der Waals surface area contributed by atoms with E-state index in [1.807, 2.05) is 6.07 Å². The Bertz CT molecular complexity index is 629. The number of ketones is 1. The molecule has 0 aliphatic heterocycles. The second-order valence-corrected chi connectivity index (χ2v) is 4.12. The minimum absolute atomic E-state index is 0. The Morgan fingerprint density at radius 2 is 1.62 bits per heavy atom. The second kappa shape index (κ2) is 9.09. The van der Waals surface area contributed by atoms with Gasteiger partial charge in [0.25, 0.3) is 0 Å². The molecule has 21 heavy (non-hydrogen) atoms. The molecule has 0 aliphatic rings. The molecule has 0 aliphatic carbocycles. The maximum Gasteiger partial charge on any atom is 1.00 e. The smallest absolute Gasteiger partial charge is 0.550 e. The van der Waals surface area contributed by atoms with Crippen molar-refractivity contribution in [2.45, 2.75) is 6.42 Å². The van der Waals surface area contributed by atoms with E-state index in [2.05, 4.69) is 0 Å². The molecule has 0 aromatic heterocycles. The largest absolute Gasteiger partial charge is 1.00 e. The Kier molecular flexibility index (Phi) is 8.64. The number of hydrogen-bond donors (Lipinski definition) is 1. The van der Waals surface area contributed by atoms with Gasteiger partial charge in [-0.15, -0.1) is 0 Å². The number of aliphatic carboxylic acids is 1. The minimum Gasteiger partial charge on any atom is -0.550 e. The third-order valence-corrected chi connectivity index (χ3v) is 2.81. The quantitative estimate of drug-likeness (QED) is 0.367. The fourth-order valence-corrected chi connectivity index (χ4v) is 1.87. The van der Waals surface area contributed by atoms with Crippen molar-refractivity contribution in [1.82, 2.24) is 0 Å². The van der Waals surface area contributed by atoms with E-state index in [1.165, 1.54) is 0 Å². The van der Waals surface area contributed by atoms with Gasteiger partial charge in [-0.25, -0.2) is 0 Å². The summed E-state index contributed by atoms with van der Waals surface area (Å²) in [6.45, 7) is 0. The number of carbonyl (C=O) groups excluding carboxylic acids is 2. The van der Waals surface area contributed by atoms with Crippen molar-refractivity contribution in [3.8, 4) is 0 Å². The van der Waals surface area contributed by atoms with Crippen molar-refractivity contribution >= 4 is 17.4 Å². The molecule has 0 spiro atoms. The summed E-state index contributed by atoms with van der Waals surface area (Å²) in [5.74, 6) is -1.45. The molecule has 2 aromatic rings. The number of benzene rings is 2. The van der Waals surface area contributed by atoms with Gasteiger partial charge in [-0.3, -0.25) is 4.79 Å². The van der Waals surface area contributed by atoms with Gasteiger partial charge < -0.3 is 21.1 Å². The molecule has 4 N–H and O–H groups in total. The van der Waals surface area contributed by atoms with E-state index < -0.39 is 5.97 Å². The first kappa shape index (κ1) is 20.0. The molecule has 0 radical (unpaired) electrons. The fraction of sp³-hybridized carbons (Fsp3) is 0.0667. The molecular formula is C15H14KNO4. The van der Waals surface area contributed by atoms with Gasteiger partial charge in [0.2, 0.25) is 0 Å². The van der Waals surface area contributed by atoms with E-state index in [1.54, 1.807) is 42.5 Å². The third-order valence-electron chi connectivity index (χ3n) is 2.81. The zero-order valence-corrected chi connectivity index (χ0v) is 14.8. The zero-order valence-electron chi connectivity index (χ0n) is 11.6. The Labute approximate surface area is 164 Å². The van der Waals surface area contributed by atoms with Crippen molar-refractivity contribution in [3.05, 3.63) is 65.2 Å². The van der Waals surface area contributed by atoms with Crippen molar-refractivity contribution in [2.24, 2.45) is 0 Å². The van der Waals surface area contributed by atoms with Crippen LogP contribution < -0.4 is 62.2 Å². The topological polar surface area (TPSA) is 115 Å².